The largest absolute Gasteiger partial charge is 0.379 e. The molecule has 2 amide bonds. The van der Waals surface area contributed by atoms with E-state index in [1.165, 1.54) is 5.56 Å². The molecule has 6 aromatic rings. The highest BCUT2D eigenvalue weighted by atomic mass is 35.5. The minimum Gasteiger partial charge on any atom is -0.379 e. The van der Waals surface area contributed by atoms with E-state index >= 15 is 0 Å². The normalized spacial score (nSPS) is 13.7. The van der Waals surface area contributed by atoms with Crippen molar-refractivity contribution in [2.45, 2.75) is 6.54 Å². The SMILES string of the molecule is O=C(Nc1ccc(CN2CCOCC2)cc1)Nc1cccc(-c2cn3ccnc3c(-n3cnc(-c4ccc(Cl)cc4)c3)n2)c1. The number of fused-ring (bicyclic) bond motifs is 1. The first kappa shape index (κ1) is 27.8. The second-order valence-electron chi connectivity index (χ2n) is 10.5. The van der Waals surface area contributed by atoms with E-state index in [9.17, 15) is 4.79 Å². The Morgan fingerprint density at radius 2 is 1.66 bits per heavy atom. The zero-order valence-corrected chi connectivity index (χ0v) is 24.5. The highest BCUT2D eigenvalue weighted by Gasteiger charge is 2.14. The number of hydrogen-bond acceptors (Lipinski definition) is 6. The Bertz CT molecular complexity index is 1910. The smallest absolute Gasteiger partial charge is 0.323 e. The number of benzene rings is 3. The lowest BCUT2D eigenvalue weighted by Gasteiger charge is -2.26. The molecular formula is C33H29ClN8O2. The van der Waals surface area contributed by atoms with Crippen LogP contribution < -0.4 is 10.6 Å². The first-order valence-electron chi connectivity index (χ1n) is 14.3. The number of morpholine rings is 1. The van der Waals surface area contributed by atoms with Gasteiger partial charge in [-0.3, -0.25) is 9.47 Å². The van der Waals surface area contributed by atoms with E-state index in [-0.39, 0.29) is 6.03 Å². The highest BCUT2D eigenvalue weighted by molar-refractivity contribution is 6.30. The van der Waals surface area contributed by atoms with Crippen molar-refractivity contribution in [2.75, 3.05) is 36.9 Å². The second-order valence-corrected chi connectivity index (χ2v) is 11.0. The molecule has 4 heterocycles. The van der Waals surface area contributed by atoms with Crippen LogP contribution >= 0.6 is 11.6 Å². The summed E-state index contributed by atoms with van der Waals surface area (Å²) >= 11 is 6.06. The number of amides is 2. The third kappa shape index (κ3) is 6.18. The zero-order chi connectivity index (χ0) is 29.9. The molecule has 10 nitrogen and oxygen atoms in total. The van der Waals surface area contributed by atoms with E-state index in [2.05, 4.69) is 25.5 Å². The number of carbonyl (C=O) groups excluding carboxylic acids is 1. The molecule has 3 aromatic carbocycles. The third-order valence-electron chi connectivity index (χ3n) is 7.46. The molecule has 1 aliphatic rings. The van der Waals surface area contributed by atoms with E-state index in [4.69, 9.17) is 21.3 Å². The fourth-order valence-corrected chi connectivity index (χ4v) is 5.32. The number of carbonyl (C=O) groups is 1. The Morgan fingerprint density at radius 1 is 0.864 bits per heavy atom. The van der Waals surface area contributed by atoms with Crippen LogP contribution in [0.5, 0.6) is 0 Å². The lowest BCUT2D eigenvalue weighted by atomic mass is 10.1. The predicted octanol–water partition coefficient (Wildman–Crippen LogP) is 6.38. The molecule has 1 aliphatic heterocycles. The molecule has 220 valence electrons. The van der Waals surface area contributed by atoms with Crippen LogP contribution in [0.2, 0.25) is 5.02 Å². The van der Waals surface area contributed by atoms with Crippen LogP contribution in [0.3, 0.4) is 0 Å². The molecule has 1 fully saturated rings. The van der Waals surface area contributed by atoms with Crippen molar-refractivity contribution >= 4 is 34.7 Å². The summed E-state index contributed by atoms with van der Waals surface area (Å²) in [6, 6.07) is 22.7. The Hall–Kier alpha value is -5.03. The van der Waals surface area contributed by atoms with Gasteiger partial charge in [0, 0.05) is 71.9 Å². The van der Waals surface area contributed by atoms with Crippen LogP contribution in [0.1, 0.15) is 5.56 Å². The third-order valence-corrected chi connectivity index (χ3v) is 7.71. The van der Waals surface area contributed by atoms with Gasteiger partial charge in [0.05, 0.1) is 24.6 Å². The topological polar surface area (TPSA) is 102 Å². The average molecular weight is 605 g/mol. The van der Waals surface area contributed by atoms with Crippen molar-refractivity contribution in [3.8, 4) is 28.3 Å². The second kappa shape index (κ2) is 12.3. The number of imidazole rings is 2. The summed E-state index contributed by atoms with van der Waals surface area (Å²) in [6.45, 7) is 4.28. The summed E-state index contributed by atoms with van der Waals surface area (Å²) in [5, 5.41) is 6.53. The van der Waals surface area contributed by atoms with E-state index in [0.717, 1.165) is 55.4 Å². The standard InChI is InChI=1S/C33H29ClN8O2/c34-26-8-6-24(7-9-26)29-20-42(22-36-29)32-31-35-12-13-41(31)21-30(39-32)25-2-1-3-28(18-25)38-33(43)37-27-10-4-23(5-11-27)19-40-14-16-44-17-15-40/h1-13,18,20-22H,14-17,19H2,(H2,37,38,43). The molecule has 0 atom stereocenters. The number of ether oxygens (including phenoxy) is 1. The number of aromatic nitrogens is 5. The van der Waals surface area contributed by atoms with Crippen LogP contribution in [-0.4, -0.2) is 61.2 Å². The van der Waals surface area contributed by atoms with Crippen LogP contribution in [0.15, 0.2) is 104 Å². The van der Waals surface area contributed by atoms with Gasteiger partial charge in [0.2, 0.25) is 0 Å². The number of hydrogen-bond donors (Lipinski definition) is 2. The zero-order valence-electron chi connectivity index (χ0n) is 23.7. The first-order valence-corrected chi connectivity index (χ1v) is 14.7. The minimum atomic E-state index is -0.324. The van der Waals surface area contributed by atoms with Crippen molar-refractivity contribution in [1.82, 2.24) is 28.8 Å². The monoisotopic (exact) mass is 604 g/mol. The summed E-state index contributed by atoms with van der Waals surface area (Å²) in [5.74, 6) is 0.633. The van der Waals surface area contributed by atoms with Crippen LogP contribution in [0.4, 0.5) is 16.2 Å². The molecule has 0 spiro atoms. The summed E-state index contributed by atoms with van der Waals surface area (Å²) in [5.41, 5.74) is 6.55. The van der Waals surface area contributed by atoms with Gasteiger partial charge in [0.25, 0.3) is 0 Å². The summed E-state index contributed by atoms with van der Waals surface area (Å²) < 4.78 is 9.21. The van der Waals surface area contributed by atoms with Gasteiger partial charge in [-0.1, -0.05) is 48.0 Å². The fourth-order valence-electron chi connectivity index (χ4n) is 5.20. The van der Waals surface area contributed by atoms with Crippen molar-refractivity contribution < 1.29 is 9.53 Å². The molecule has 3 aromatic heterocycles. The Balaban J connectivity index is 1.07. The van der Waals surface area contributed by atoms with Crippen molar-refractivity contribution in [3.05, 3.63) is 114 Å². The Morgan fingerprint density at radius 3 is 2.48 bits per heavy atom. The molecule has 44 heavy (non-hydrogen) atoms. The van der Waals surface area contributed by atoms with Gasteiger partial charge in [-0.15, -0.1) is 0 Å². The number of urea groups is 1. The van der Waals surface area contributed by atoms with Gasteiger partial charge in [0.15, 0.2) is 11.5 Å². The molecule has 0 unspecified atom stereocenters. The summed E-state index contributed by atoms with van der Waals surface area (Å²) in [6.07, 6.45) is 9.17. The molecule has 7 rings (SSSR count). The minimum absolute atomic E-state index is 0.324. The molecular weight excluding hydrogens is 576 g/mol. The highest BCUT2D eigenvalue weighted by Crippen LogP contribution is 2.26. The number of anilines is 2. The average Bonchev–Trinajstić information content (AvgIpc) is 3.73. The van der Waals surface area contributed by atoms with Crippen LogP contribution in [0, 0.1) is 0 Å². The van der Waals surface area contributed by atoms with E-state index in [1.807, 2.05) is 100 Å². The molecule has 0 saturated carbocycles. The maximum atomic E-state index is 12.9. The number of nitrogens with zero attached hydrogens (tertiary/aromatic N) is 6. The Kier molecular flexibility index (Phi) is 7.76. The van der Waals surface area contributed by atoms with Gasteiger partial charge in [0.1, 0.15) is 6.33 Å². The van der Waals surface area contributed by atoms with Gasteiger partial charge in [-0.25, -0.2) is 19.7 Å². The Labute approximate surface area is 258 Å². The fraction of sp³-hybridized carbons (Fsp3) is 0.152. The van der Waals surface area contributed by atoms with Crippen molar-refractivity contribution in [1.29, 1.82) is 0 Å². The maximum absolute atomic E-state index is 12.9. The van der Waals surface area contributed by atoms with Gasteiger partial charge in [-0.2, -0.15) is 0 Å². The molecule has 1 saturated heterocycles. The van der Waals surface area contributed by atoms with Crippen LogP contribution in [0.25, 0.3) is 34.0 Å². The molecule has 2 N–H and O–H groups in total. The van der Waals surface area contributed by atoms with Crippen molar-refractivity contribution in [2.24, 2.45) is 0 Å². The molecule has 0 bridgehead atoms. The number of rotatable bonds is 7. The lowest BCUT2D eigenvalue weighted by Crippen LogP contribution is -2.35. The van der Waals surface area contributed by atoms with Gasteiger partial charge >= 0.3 is 6.03 Å². The first-order chi connectivity index (χ1) is 21.6. The van der Waals surface area contributed by atoms with Crippen molar-refractivity contribution in [3.63, 3.8) is 0 Å². The summed E-state index contributed by atoms with van der Waals surface area (Å²) in [4.78, 5) is 29.3. The molecule has 0 radical (unpaired) electrons. The quantitative estimate of drug-likeness (QED) is 0.219. The summed E-state index contributed by atoms with van der Waals surface area (Å²) in [7, 11) is 0. The van der Waals surface area contributed by atoms with E-state index in [0.29, 0.717) is 27.9 Å². The maximum Gasteiger partial charge on any atom is 0.323 e. The molecule has 11 heteroatoms. The predicted molar refractivity (Wildman–Crippen MR) is 171 cm³/mol. The van der Waals surface area contributed by atoms with Gasteiger partial charge in [-0.05, 0) is 42.0 Å². The van der Waals surface area contributed by atoms with Crippen LogP contribution in [-0.2, 0) is 11.3 Å². The van der Waals surface area contributed by atoms with E-state index in [1.54, 1.807) is 12.5 Å². The lowest BCUT2D eigenvalue weighted by molar-refractivity contribution is 0.0342. The van der Waals surface area contributed by atoms with E-state index < -0.39 is 0 Å². The number of nitrogens with one attached hydrogen (secondary N) is 2. The van der Waals surface area contributed by atoms with Gasteiger partial charge < -0.3 is 19.8 Å². The molecule has 0 aliphatic carbocycles. The number of halogens is 1.